The maximum Gasteiger partial charge on any atom is 0.182 e. The topological polar surface area (TPSA) is 29.5 Å². The Balaban J connectivity index is 1.76. The first kappa shape index (κ1) is 13.2. The number of piperidine rings is 3. The first-order valence-electron chi connectivity index (χ1n) is 7.51. The van der Waals surface area contributed by atoms with Gasteiger partial charge in [0.25, 0.3) is 0 Å². The summed E-state index contributed by atoms with van der Waals surface area (Å²) in [5, 5.41) is 0. The second kappa shape index (κ2) is 5.70. The SMILES string of the molecule is CCCOc1ccc(/C=C2/C(=O)C3CCN2CC3)cc1. The van der Waals surface area contributed by atoms with Gasteiger partial charge in [0, 0.05) is 19.0 Å². The number of hydrogen-bond acceptors (Lipinski definition) is 3. The summed E-state index contributed by atoms with van der Waals surface area (Å²) in [5.74, 6) is 1.48. The standard InChI is InChI=1S/C17H21NO2/c1-2-11-20-15-5-3-13(4-6-15)12-16-17(19)14-7-9-18(16)10-8-14/h3-6,12,14H,2,7-11H2,1H3/b16-12-. The van der Waals surface area contributed by atoms with Crippen LogP contribution in [-0.2, 0) is 4.79 Å². The monoisotopic (exact) mass is 271 g/mol. The molecule has 3 aliphatic rings. The number of carbonyl (C=O) groups is 1. The van der Waals surface area contributed by atoms with Gasteiger partial charge in [0.05, 0.1) is 12.3 Å². The van der Waals surface area contributed by atoms with E-state index in [0.717, 1.165) is 56.0 Å². The van der Waals surface area contributed by atoms with Crippen LogP contribution in [-0.4, -0.2) is 30.4 Å². The van der Waals surface area contributed by atoms with E-state index in [1.807, 2.05) is 30.3 Å². The summed E-state index contributed by atoms with van der Waals surface area (Å²) in [6, 6.07) is 8.00. The summed E-state index contributed by atoms with van der Waals surface area (Å²) < 4.78 is 5.57. The largest absolute Gasteiger partial charge is 0.494 e. The van der Waals surface area contributed by atoms with Crippen molar-refractivity contribution in [3.05, 3.63) is 35.5 Å². The second-order valence-electron chi connectivity index (χ2n) is 5.57. The molecule has 1 aromatic carbocycles. The molecular weight excluding hydrogens is 250 g/mol. The van der Waals surface area contributed by atoms with Crippen molar-refractivity contribution in [2.75, 3.05) is 19.7 Å². The van der Waals surface area contributed by atoms with Crippen molar-refractivity contribution in [3.8, 4) is 5.75 Å². The summed E-state index contributed by atoms with van der Waals surface area (Å²) in [6.07, 6.45) is 5.09. The second-order valence-corrected chi connectivity index (χ2v) is 5.57. The fourth-order valence-corrected chi connectivity index (χ4v) is 2.95. The van der Waals surface area contributed by atoms with E-state index in [2.05, 4.69) is 11.8 Å². The fourth-order valence-electron chi connectivity index (χ4n) is 2.95. The van der Waals surface area contributed by atoms with Gasteiger partial charge in [-0.25, -0.2) is 0 Å². The molecule has 0 radical (unpaired) electrons. The zero-order valence-corrected chi connectivity index (χ0v) is 12.0. The van der Waals surface area contributed by atoms with Gasteiger partial charge < -0.3 is 9.64 Å². The Labute approximate surface area is 120 Å². The first-order valence-corrected chi connectivity index (χ1v) is 7.51. The minimum absolute atomic E-state index is 0.262. The molecule has 20 heavy (non-hydrogen) atoms. The molecule has 1 aromatic rings. The van der Waals surface area contributed by atoms with Crippen LogP contribution in [0.4, 0.5) is 0 Å². The van der Waals surface area contributed by atoms with Gasteiger partial charge in [-0.1, -0.05) is 19.1 Å². The highest BCUT2D eigenvalue weighted by atomic mass is 16.5. The van der Waals surface area contributed by atoms with E-state index in [4.69, 9.17) is 4.74 Å². The summed E-state index contributed by atoms with van der Waals surface area (Å²) in [4.78, 5) is 14.5. The van der Waals surface area contributed by atoms with Crippen molar-refractivity contribution in [1.82, 2.24) is 4.90 Å². The van der Waals surface area contributed by atoms with Crippen molar-refractivity contribution in [2.45, 2.75) is 26.2 Å². The van der Waals surface area contributed by atoms with Crippen molar-refractivity contribution >= 4 is 11.9 Å². The number of allylic oxidation sites excluding steroid dienone is 1. The lowest BCUT2D eigenvalue weighted by Gasteiger charge is -2.41. The average molecular weight is 271 g/mol. The molecule has 0 unspecified atom stereocenters. The minimum Gasteiger partial charge on any atom is -0.494 e. The van der Waals surface area contributed by atoms with Crippen molar-refractivity contribution in [2.24, 2.45) is 5.92 Å². The molecule has 2 bridgehead atoms. The normalized spacial score (nSPS) is 20.8. The molecule has 3 heterocycles. The van der Waals surface area contributed by atoms with Gasteiger partial charge in [-0.05, 0) is 43.0 Å². The molecule has 3 saturated heterocycles. The van der Waals surface area contributed by atoms with Crippen molar-refractivity contribution < 1.29 is 9.53 Å². The Morgan fingerprint density at radius 2 is 1.95 bits per heavy atom. The summed E-state index contributed by atoms with van der Waals surface area (Å²) in [7, 11) is 0. The molecule has 3 aliphatic heterocycles. The van der Waals surface area contributed by atoms with Gasteiger partial charge >= 0.3 is 0 Å². The molecule has 0 saturated carbocycles. The van der Waals surface area contributed by atoms with Crippen LogP contribution < -0.4 is 4.74 Å². The third-order valence-electron chi connectivity index (χ3n) is 4.12. The van der Waals surface area contributed by atoms with E-state index in [1.54, 1.807) is 0 Å². The van der Waals surface area contributed by atoms with Crippen LogP contribution in [0.25, 0.3) is 6.08 Å². The predicted octanol–water partition coefficient (Wildman–Crippen LogP) is 3.11. The van der Waals surface area contributed by atoms with E-state index in [1.165, 1.54) is 0 Å². The molecular formula is C17H21NO2. The number of hydrogen-bond donors (Lipinski definition) is 0. The lowest BCUT2D eigenvalue weighted by Crippen LogP contribution is -2.45. The molecule has 3 nitrogen and oxygen atoms in total. The Hall–Kier alpha value is -1.77. The number of carbonyl (C=O) groups excluding carboxylic acids is 1. The number of Topliss-reactive ketones (excluding diaryl/α,β-unsaturated/α-hetero) is 1. The van der Waals surface area contributed by atoms with Crippen LogP contribution in [0.15, 0.2) is 30.0 Å². The van der Waals surface area contributed by atoms with Crippen LogP contribution in [0.1, 0.15) is 31.7 Å². The number of ketones is 1. The maximum absolute atomic E-state index is 12.3. The molecule has 0 amide bonds. The third kappa shape index (κ3) is 2.58. The van der Waals surface area contributed by atoms with Gasteiger partial charge in [-0.3, -0.25) is 4.79 Å². The van der Waals surface area contributed by atoms with Crippen molar-refractivity contribution in [1.29, 1.82) is 0 Å². The number of fused-ring (bicyclic) bond motifs is 3. The van der Waals surface area contributed by atoms with Crippen LogP contribution in [0.5, 0.6) is 5.75 Å². The zero-order valence-electron chi connectivity index (χ0n) is 12.0. The molecule has 0 atom stereocenters. The van der Waals surface area contributed by atoms with Gasteiger partial charge in [0.1, 0.15) is 5.75 Å². The average Bonchev–Trinajstić information content (AvgIpc) is 2.50. The number of ether oxygens (including phenoxy) is 1. The van der Waals surface area contributed by atoms with Gasteiger partial charge in [-0.15, -0.1) is 0 Å². The molecule has 3 fully saturated rings. The zero-order chi connectivity index (χ0) is 13.9. The lowest BCUT2D eigenvalue weighted by molar-refractivity contribution is -0.125. The molecule has 0 aromatic heterocycles. The number of benzene rings is 1. The predicted molar refractivity (Wildman–Crippen MR) is 79.5 cm³/mol. The Morgan fingerprint density at radius 3 is 2.55 bits per heavy atom. The van der Waals surface area contributed by atoms with Gasteiger partial charge in [-0.2, -0.15) is 0 Å². The van der Waals surface area contributed by atoms with Gasteiger partial charge in [0.15, 0.2) is 5.78 Å². The van der Waals surface area contributed by atoms with Crippen LogP contribution in [0.3, 0.4) is 0 Å². The highest BCUT2D eigenvalue weighted by Gasteiger charge is 2.36. The first-order chi connectivity index (χ1) is 9.78. The molecule has 106 valence electrons. The molecule has 3 heteroatoms. The summed E-state index contributed by atoms with van der Waals surface area (Å²) in [5.41, 5.74) is 1.97. The van der Waals surface area contributed by atoms with Crippen molar-refractivity contribution in [3.63, 3.8) is 0 Å². The molecule has 4 rings (SSSR count). The van der Waals surface area contributed by atoms with E-state index < -0.39 is 0 Å². The molecule has 0 aliphatic carbocycles. The van der Waals surface area contributed by atoms with E-state index in [9.17, 15) is 4.79 Å². The van der Waals surface area contributed by atoms with Crippen LogP contribution >= 0.6 is 0 Å². The Morgan fingerprint density at radius 1 is 1.25 bits per heavy atom. The molecule has 0 spiro atoms. The van der Waals surface area contributed by atoms with E-state index >= 15 is 0 Å². The van der Waals surface area contributed by atoms with Crippen LogP contribution in [0, 0.1) is 5.92 Å². The smallest absolute Gasteiger partial charge is 0.182 e. The minimum atomic E-state index is 0.262. The summed E-state index contributed by atoms with van der Waals surface area (Å²) in [6.45, 7) is 4.89. The Bertz CT molecular complexity index is 510. The highest BCUT2D eigenvalue weighted by Crippen LogP contribution is 2.32. The third-order valence-corrected chi connectivity index (χ3v) is 4.12. The highest BCUT2D eigenvalue weighted by molar-refractivity contribution is 6.01. The number of rotatable bonds is 4. The van der Waals surface area contributed by atoms with Crippen LogP contribution in [0.2, 0.25) is 0 Å². The maximum atomic E-state index is 12.3. The lowest BCUT2D eigenvalue weighted by atomic mass is 9.84. The van der Waals surface area contributed by atoms with Gasteiger partial charge in [0.2, 0.25) is 0 Å². The number of nitrogens with zero attached hydrogens (tertiary/aromatic N) is 1. The Kier molecular flexibility index (Phi) is 3.77. The molecule has 0 N–H and O–H groups in total. The summed E-state index contributed by atoms with van der Waals surface area (Å²) >= 11 is 0. The quantitative estimate of drug-likeness (QED) is 0.788. The van der Waals surface area contributed by atoms with E-state index in [0.29, 0.717) is 5.78 Å². The fraction of sp³-hybridized carbons (Fsp3) is 0.471. The van der Waals surface area contributed by atoms with E-state index in [-0.39, 0.29) is 5.92 Å².